The Morgan fingerprint density at radius 3 is 2.43 bits per heavy atom. The number of carbonyl (C=O) groups excluding carboxylic acids is 2. The summed E-state index contributed by atoms with van der Waals surface area (Å²) in [6.07, 6.45) is 2.97. The highest BCUT2D eigenvalue weighted by atomic mass is 16.6. The predicted octanol–water partition coefficient (Wildman–Crippen LogP) is 3.58. The number of aromatic nitrogens is 1. The maximum Gasteiger partial charge on any atom is 0.415 e. The van der Waals surface area contributed by atoms with Crippen molar-refractivity contribution in [1.29, 1.82) is 0 Å². The number of rotatable bonds is 4. The van der Waals surface area contributed by atoms with E-state index in [2.05, 4.69) is 10.3 Å². The van der Waals surface area contributed by atoms with Crippen LogP contribution in [0.3, 0.4) is 0 Å². The number of hydrogen-bond donors (Lipinski definition) is 1. The number of nitrogens with zero attached hydrogens (tertiary/aromatic N) is 2. The highest BCUT2D eigenvalue weighted by molar-refractivity contribution is 5.97. The highest BCUT2D eigenvalue weighted by Crippen LogP contribution is 2.45. The van der Waals surface area contributed by atoms with Crippen LogP contribution in [0, 0.1) is 5.41 Å². The molecule has 0 bridgehead atoms. The zero-order chi connectivity index (χ0) is 17.3. The summed E-state index contributed by atoms with van der Waals surface area (Å²) in [5, 5.41) is 2.86. The van der Waals surface area contributed by atoms with Crippen molar-refractivity contribution in [1.82, 2.24) is 4.98 Å². The molecule has 2 rings (SSSR count). The molecule has 0 aliphatic heterocycles. The second-order valence-electron chi connectivity index (χ2n) is 7.14. The lowest BCUT2D eigenvalue weighted by molar-refractivity contribution is -0.120. The number of amides is 2. The van der Waals surface area contributed by atoms with Crippen molar-refractivity contribution in [3.63, 3.8) is 0 Å². The smallest absolute Gasteiger partial charge is 0.415 e. The lowest BCUT2D eigenvalue weighted by Crippen LogP contribution is -2.37. The number of pyridine rings is 1. The van der Waals surface area contributed by atoms with Crippen LogP contribution in [-0.4, -0.2) is 29.1 Å². The summed E-state index contributed by atoms with van der Waals surface area (Å²) in [6, 6.07) is 3.46. The largest absolute Gasteiger partial charge is 0.443 e. The van der Waals surface area contributed by atoms with Crippen molar-refractivity contribution in [3.05, 3.63) is 18.3 Å². The van der Waals surface area contributed by atoms with Gasteiger partial charge in [-0.15, -0.1) is 0 Å². The van der Waals surface area contributed by atoms with Crippen LogP contribution in [0.2, 0.25) is 0 Å². The normalized spacial score (nSPS) is 15.7. The fraction of sp³-hybridized carbons (Fsp3) is 0.588. The molecule has 6 heteroatoms. The van der Waals surface area contributed by atoms with Gasteiger partial charge in [0.1, 0.15) is 11.4 Å². The van der Waals surface area contributed by atoms with Gasteiger partial charge in [0.2, 0.25) is 5.91 Å². The first-order chi connectivity index (χ1) is 10.6. The third kappa shape index (κ3) is 4.43. The van der Waals surface area contributed by atoms with E-state index in [1.807, 2.05) is 34.6 Å². The minimum atomic E-state index is -0.557. The van der Waals surface area contributed by atoms with Gasteiger partial charge < -0.3 is 10.1 Å². The van der Waals surface area contributed by atoms with E-state index < -0.39 is 11.7 Å². The third-order valence-corrected chi connectivity index (χ3v) is 3.76. The molecule has 23 heavy (non-hydrogen) atoms. The molecule has 126 valence electrons. The van der Waals surface area contributed by atoms with E-state index in [-0.39, 0.29) is 11.3 Å². The van der Waals surface area contributed by atoms with E-state index in [0.717, 1.165) is 12.8 Å². The Hall–Kier alpha value is -2.11. The summed E-state index contributed by atoms with van der Waals surface area (Å²) < 4.78 is 5.37. The molecule has 1 aliphatic carbocycles. The summed E-state index contributed by atoms with van der Waals surface area (Å²) >= 11 is 0. The lowest BCUT2D eigenvalue weighted by Gasteiger charge is -2.26. The Morgan fingerprint density at radius 1 is 1.35 bits per heavy atom. The Morgan fingerprint density at radius 2 is 2.00 bits per heavy atom. The Kier molecular flexibility index (Phi) is 4.63. The van der Waals surface area contributed by atoms with E-state index in [9.17, 15) is 9.59 Å². The third-order valence-electron chi connectivity index (χ3n) is 3.76. The van der Waals surface area contributed by atoms with Gasteiger partial charge in [-0.25, -0.2) is 9.78 Å². The van der Waals surface area contributed by atoms with Crippen molar-refractivity contribution in [2.24, 2.45) is 5.41 Å². The van der Waals surface area contributed by atoms with Crippen molar-refractivity contribution >= 4 is 23.5 Å². The molecular formula is C17H25N3O3. The quantitative estimate of drug-likeness (QED) is 0.920. The van der Waals surface area contributed by atoms with Crippen LogP contribution >= 0.6 is 0 Å². The molecule has 6 nitrogen and oxygen atoms in total. The van der Waals surface area contributed by atoms with E-state index >= 15 is 0 Å². The summed E-state index contributed by atoms with van der Waals surface area (Å²) in [6.45, 7) is 9.72. The van der Waals surface area contributed by atoms with Crippen LogP contribution < -0.4 is 10.2 Å². The van der Waals surface area contributed by atoms with Crippen LogP contribution in [0.1, 0.15) is 47.5 Å². The maximum atomic E-state index is 12.2. The van der Waals surface area contributed by atoms with Gasteiger partial charge in [0, 0.05) is 12.0 Å². The number of hydrogen-bond acceptors (Lipinski definition) is 4. The standard InChI is InChI=1S/C17H25N3O3/c1-6-20(15(22)23-16(2,3)4)13-8-7-12(11-18-13)19-14(21)17(5)9-10-17/h7-8,11H,6,9-10H2,1-5H3,(H,19,21). The van der Waals surface area contributed by atoms with Crippen molar-refractivity contribution in [2.75, 3.05) is 16.8 Å². The first-order valence-corrected chi connectivity index (χ1v) is 7.93. The molecule has 1 aromatic rings. The first kappa shape index (κ1) is 17.2. The summed E-state index contributed by atoms with van der Waals surface area (Å²) in [4.78, 5) is 29.9. The molecule has 0 unspecified atom stereocenters. The molecule has 1 aromatic heterocycles. The number of ether oxygens (including phenoxy) is 1. The molecule has 0 spiro atoms. The number of anilines is 2. The van der Waals surface area contributed by atoms with Crippen LogP contribution in [0.4, 0.5) is 16.3 Å². The van der Waals surface area contributed by atoms with Crippen molar-refractivity contribution in [2.45, 2.75) is 53.1 Å². The summed E-state index contributed by atoms with van der Waals surface area (Å²) in [5.41, 5.74) is -0.157. The molecule has 1 heterocycles. The van der Waals surface area contributed by atoms with Gasteiger partial charge in [-0.3, -0.25) is 9.69 Å². The Balaban J connectivity index is 2.04. The highest BCUT2D eigenvalue weighted by Gasteiger charge is 2.44. The average Bonchev–Trinajstić information content (AvgIpc) is 3.19. The van der Waals surface area contributed by atoms with Crippen LogP contribution in [-0.2, 0) is 9.53 Å². The Labute approximate surface area is 137 Å². The second-order valence-corrected chi connectivity index (χ2v) is 7.14. The summed E-state index contributed by atoms with van der Waals surface area (Å²) in [7, 11) is 0. The van der Waals surface area contributed by atoms with Crippen molar-refractivity contribution < 1.29 is 14.3 Å². The monoisotopic (exact) mass is 319 g/mol. The molecule has 0 saturated heterocycles. The van der Waals surface area contributed by atoms with Gasteiger partial charge in [0.25, 0.3) is 0 Å². The first-order valence-electron chi connectivity index (χ1n) is 7.93. The predicted molar refractivity (Wildman–Crippen MR) is 89.5 cm³/mol. The molecular weight excluding hydrogens is 294 g/mol. The molecule has 1 aliphatic rings. The van der Waals surface area contributed by atoms with Gasteiger partial charge in [-0.05, 0) is 52.7 Å². The molecule has 2 amide bonds. The van der Waals surface area contributed by atoms with Gasteiger partial charge in [0.15, 0.2) is 0 Å². The average molecular weight is 319 g/mol. The topological polar surface area (TPSA) is 71.5 Å². The van der Waals surface area contributed by atoms with E-state index in [4.69, 9.17) is 4.74 Å². The molecule has 1 N–H and O–H groups in total. The van der Waals surface area contributed by atoms with Gasteiger partial charge in [0.05, 0.1) is 11.9 Å². The zero-order valence-electron chi connectivity index (χ0n) is 14.5. The number of carbonyl (C=O) groups is 2. The van der Waals surface area contributed by atoms with Gasteiger partial charge >= 0.3 is 6.09 Å². The molecule has 1 fully saturated rings. The minimum absolute atomic E-state index is 0.0199. The molecule has 0 aromatic carbocycles. The van der Waals surface area contributed by atoms with Crippen LogP contribution in [0.15, 0.2) is 18.3 Å². The minimum Gasteiger partial charge on any atom is -0.443 e. The van der Waals surface area contributed by atoms with Crippen LogP contribution in [0.5, 0.6) is 0 Å². The van der Waals surface area contributed by atoms with E-state index in [0.29, 0.717) is 18.1 Å². The lowest BCUT2D eigenvalue weighted by atomic mass is 10.1. The SMILES string of the molecule is CCN(C(=O)OC(C)(C)C)c1ccc(NC(=O)C2(C)CC2)cn1. The van der Waals surface area contributed by atoms with Gasteiger partial charge in [-0.2, -0.15) is 0 Å². The second kappa shape index (κ2) is 6.18. The van der Waals surface area contributed by atoms with E-state index in [1.165, 1.54) is 4.90 Å². The van der Waals surface area contributed by atoms with Gasteiger partial charge in [-0.1, -0.05) is 6.92 Å². The summed E-state index contributed by atoms with van der Waals surface area (Å²) in [5.74, 6) is 0.518. The number of nitrogens with one attached hydrogen (secondary N) is 1. The van der Waals surface area contributed by atoms with Crippen LogP contribution in [0.25, 0.3) is 0 Å². The van der Waals surface area contributed by atoms with E-state index in [1.54, 1.807) is 18.3 Å². The molecule has 1 saturated carbocycles. The zero-order valence-corrected chi connectivity index (χ0v) is 14.5. The Bertz CT molecular complexity index is 586. The fourth-order valence-electron chi connectivity index (χ4n) is 2.02. The fourth-order valence-corrected chi connectivity index (χ4v) is 2.02. The molecule has 0 atom stereocenters. The van der Waals surface area contributed by atoms with Crippen molar-refractivity contribution in [3.8, 4) is 0 Å². The molecule has 0 radical (unpaired) electrons. The maximum absolute atomic E-state index is 12.2.